The molecule has 3 atom stereocenters. The minimum Gasteiger partial charge on any atom is -0.493 e. The van der Waals surface area contributed by atoms with Crippen molar-refractivity contribution < 1.29 is 33.6 Å². The Kier molecular flexibility index (Phi) is 9.18. The van der Waals surface area contributed by atoms with Crippen molar-refractivity contribution in [2.45, 2.75) is 84.2 Å². The van der Waals surface area contributed by atoms with Gasteiger partial charge in [0, 0.05) is 36.8 Å². The number of aliphatic imine (C=N–C) groups is 1. The van der Waals surface area contributed by atoms with Gasteiger partial charge in [-0.25, -0.2) is 0 Å². The van der Waals surface area contributed by atoms with Crippen LogP contribution in [0.15, 0.2) is 52.8 Å². The summed E-state index contributed by atoms with van der Waals surface area (Å²) in [4.78, 5) is 36.7. The molecule has 0 aliphatic carbocycles. The van der Waals surface area contributed by atoms with Crippen molar-refractivity contribution in [1.29, 1.82) is 0 Å². The topological polar surface area (TPSA) is 113 Å². The average molecular weight is 645 g/mol. The van der Waals surface area contributed by atoms with E-state index in [-0.39, 0.29) is 29.9 Å². The van der Waals surface area contributed by atoms with Crippen molar-refractivity contribution in [3.05, 3.63) is 58.9 Å². The molecule has 0 spiro atoms. The Morgan fingerprint density at radius 2 is 1.40 bits per heavy atom. The van der Waals surface area contributed by atoms with Crippen LogP contribution in [-0.2, 0) is 0 Å². The Bertz CT molecular complexity index is 1650. The Labute approximate surface area is 276 Å². The fourth-order valence-electron chi connectivity index (χ4n) is 6.83. The van der Waals surface area contributed by atoms with E-state index in [0.717, 1.165) is 36.8 Å². The van der Waals surface area contributed by atoms with Gasteiger partial charge in [-0.15, -0.1) is 0 Å². The van der Waals surface area contributed by atoms with Gasteiger partial charge in [-0.2, -0.15) is 0 Å². The van der Waals surface area contributed by atoms with Crippen molar-refractivity contribution in [2.75, 3.05) is 32.3 Å². The van der Waals surface area contributed by atoms with E-state index in [9.17, 15) is 14.7 Å². The first-order valence-corrected chi connectivity index (χ1v) is 16.3. The lowest BCUT2D eigenvalue weighted by molar-refractivity contribution is 0.0560. The van der Waals surface area contributed by atoms with E-state index in [1.54, 1.807) is 42.2 Å². The summed E-state index contributed by atoms with van der Waals surface area (Å²) in [6.45, 7) is 8.90. The Morgan fingerprint density at radius 1 is 0.809 bits per heavy atom. The van der Waals surface area contributed by atoms with Gasteiger partial charge in [0.2, 0.25) is 0 Å². The molecule has 0 fully saturated rings. The van der Waals surface area contributed by atoms with Crippen molar-refractivity contribution >= 4 is 29.4 Å². The molecule has 4 aliphatic rings. The number of amides is 2. The van der Waals surface area contributed by atoms with Gasteiger partial charge in [0.05, 0.1) is 62.0 Å². The summed E-state index contributed by atoms with van der Waals surface area (Å²) in [6, 6.07) is 6.55. The largest absolute Gasteiger partial charge is 0.493 e. The summed E-state index contributed by atoms with van der Waals surface area (Å²) < 4.78 is 23.5. The lowest BCUT2D eigenvalue weighted by Gasteiger charge is -2.36. The van der Waals surface area contributed by atoms with Crippen molar-refractivity contribution in [2.24, 2.45) is 4.99 Å². The number of anilines is 1. The molecule has 11 heteroatoms. The molecule has 1 N–H and O–H groups in total. The highest BCUT2D eigenvalue weighted by Gasteiger charge is 2.43. The van der Waals surface area contributed by atoms with E-state index in [4.69, 9.17) is 18.9 Å². The number of hydrogen-bond acceptors (Lipinski definition) is 9. The first kappa shape index (κ1) is 32.4. The zero-order valence-corrected chi connectivity index (χ0v) is 28.0. The number of aliphatic hydroxyl groups is 1. The lowest BCUT2D eigenvalue weighted by atomic mass is 10.1. The number of methoxy groups -OCH3 is 2. The lowest BCUT2D eigenvalue weighted by Crippen LogP contribution is -2.50. The van der Waals surface area contributed by atoms with Crippen LogP contribution in [0.4, 0.5) is 11.4 Å². The van der Waals surface area contributed by atoms with Crippen LogP contribution < -0.4 is 23.8 Å². The number of fused-ring (bicyclic) bond motifs is 4. The summed E-state index contributed by atoms with van der Waals surface area (Å²) >= 11 is 0. The average Bonchev–Trinajstić information content (AvgIpc) is 3.58. The van der Waals surface area contributed by atoms with E-state index >= 15 is 0 Å². The van der Waals surface area contributed by atoms with Crippen LogP contribution in [0, 0.1) is 0 Å². The first-order chi connectivity index (χ1) is 22.6. The molecule has 11 nitrogen and oxygen atoms in total. The zero-order chi connectivity index (χ0) is 33.4. The molecule has 4 heterocycles. The van der Waals surface area contributed by atoms with E-state index in [1.165, 1.54) is 0 Å². The summed E-state index contributed by atoms with van der Waals surface area (Å²) in [5, 5.41) is 11.4. The number of ether oxygens (including phenoxy) is 4. The fourth-order valence-corrected chi connectivity index (χ4v) is 6.83. The van der Waals surface area contributed by atoms with Crippen LogP contribution in [0.3, 0.4) is 0 Å². The normalized spacial score (nSPS) is 21.4. The zero-order valence-electron chi connectivity index (χ0n) is 28.0. The molecule has 4 aliphatic heterocycles. The molecule has 0 saturated heterocycles. The smallest absolute Gasteiger partial charge is 0.260 e. The number of nitrogens with zero attached hydrogens (tertiary/aromatic N) is 4. The molecular formula is C36H44N4O7. The van der Waals surface area contributed by atoms with Gasteiger partial charge in [-0.1, -0.05) is 11.1 Å². The summed E-state index contributed by atoms with van der Waals surface area (Å²) in [5.74, 6) is 1.79. The van der Waals surface area contributed by atoms with Crippen LogP contribution in [-0.4, -0.2) is 84.7 Å². The van der Waals surface area contributed by atoms with Crippen LogP contribution >= 0.6 is 0 Å². The predicted octanol–water partition coefficient (Wildman–Crippen LogP) is 5.83. The minimum atomic E-state index is -0.862. The molecule has 2 amide bonds. The Balaban J connectivity index is 1.07. The van der Waals surface area contributed by atoms with Gasteiger partial charge in [0.15, 0.2) is 23.0 Å². The minimum absolute atomic E-state index is 0.0528. The molecule has 250 valence electrons. The first-order valence-electron chi connectivity index (χ1n) is 16.3. The molecule has 2 aromatic rings. The second-order valence-electron chi connectivity index (χ2n) is 12.9. The van der Waals surface area contributed by atoms with Gasteiger partial charge in [-0.05, 0) is 71.9 Å². The predicted molar refractivity (Wildman–Crippen MR) is 179 cm³/mol. The molecule has 0 bridgehead atoms. The number of unbranched alkanes of at least 4 members (excludes halogenated alkanes) is 2. The van der Waals surface area contributed by atoms with Crippen molar-refractivity contribution in [1.82, 2.24) is 9.80 Å². The molecule has 0 saturated carbocycles. The quantitative estimate of drug-likeness (QED) is 0.304. The third-order valence-electron chi connectivity index (χ3n) is 9.14. The van der Waals surface area contributed by atoms with Gasteiger partial charge in [0.25, 0.3) is 11.8 Å². The fraction of sp³-hybridized carbons (Fsp3) is 0.472. The summed E-state index contributed by atoms with van der Waals surface area (Å²) in [5.41, 5.74) is 4.38. The molecular weight excluding hydrogens is 600 g/mol. The number of carbonyl (C=O) groups excluding carboxylic acids is 2. The van der Waals surface area contributed by atoms with E-state index < -0.39 is 6.23 Å². The number of rotatable bonds is 11. The second kappa shape index (κ2) is 13.3. The number of carbonyl (C=O) groups is 2. The molecule has 0 radical (unpaired) electrons. The SMILES string of the molecule is COc1cc2c(cc1OCCCCCOc1cc3c(cc1OC)C(=O)N1C=C(C)CC1C(O)N3C(C)C)N=CC1CC(C)=CN1C2=O. The van der Waals surface area contributed by atoms with Crippen LogP contribution in [0.5, 0.6) is 23.0 Å². The highest BCUT2D eigenvalue weighted by atomic mass is 16.5. The van der Waals surface area contributed by atoms with Crippen LogP contribution in [0.2, 0.25) is 0 Å². The second-order valence-corrected chi connectivity index (χ2v) is 12.9. The maximum absolute atomic E-state index is 13.6. The third-order valence-corrected chi connectivity index (χ3v) is 9.14. The highest BCUT2D eigenvalue weighted by molar-refractivity contribution is 6.04. The molecule has 0 aromatic heterocycles. The van der Waals surface area contributed by atoms with Crippen LogP contribution in [0.25, 0.3) is 0 Å². The Morgan fingerprint density at radius 3 is 2.06 bits per heavy atom. The number of aliphatic hydroxyl groups excluding tert-OH is 1. The van der Waals surface area contributed by atoms with Gasteiger partial charge >= 0.3 is 0 Å². The molecule has 6 rings (SSSR count). The summed E-state index contributed by atoms with van der Waals surface area (Å²) in [7, 11) is 3.12. The molecule has 3 unspecified atom stereocenters. The highest BCUT2D eigenvalue weighted by Crippen LogP contribution is 2.43. The Hall–Kier alpha value is -4.51. The number of benzene rings is 2. The monoisotopic (exact) mass is 644 g/mol. The van der Waals surface area contributed by atoms with Crippen molar-refractivity contribution in [3.63, 3.8) is 0 Å². The molecule has 47 heavy (non-hydrogen) atoms. The van der Waals surface area contributed by atoms with Crippen LogP contribution in [0.1, 0.15) is 80.5 Å². The maximum Gasteiger partial charge on any atom is 0.260 e. The van der Waals surface area contributed by atoms with Gasteiger partial charge in [-0.3, -0.25) is 14.6 Å². The van der Waals surface area contributed by atoms with Gasteiger partial charge < -0.3 is 38.8 Å². The van der Waals surface area contributed by atoms with E-state index in [1.807, 2.05) is 57.3 Å². The third kappa shape index (κ3) is 6.16. The van der Waals surface area contributed by atoms with Gasteiger partial charge in [0.1, 0.15) is 6.23 Å². The van der Waals surface area contributed by atoms with Crippen molar-refractivity contribution in [3.8, 4) is 23.0 Å². The molecule has 2 aromatic carbocycles. The van der Waals surface area contributed by atoms with E-state index in [2.05, 4.69) is 4.99 Å². The summed E-state index contributed by atoms with van der Waals surface area (Å²) in [6.07, 6.45) is 8.49. The van der Waals surface area contributed by atoms with E-state index in [0.29, 0.717) is 65.1 Å². The number of hydrogen-bond donors (Lipinski definition) is 1. The standard InChI is InChI=1S/C36H44N4O7/c1-21(2)40-28-17-33(31(45-6)15-26(28)35(42)39-20-23(4)13-29(39)36(40)43)47-11-9-7-8-10-46-32-16-27-25(14-30(32)44-5)34(41)38-19-22(3)12-24(38)18-37-27/h14-21,24,29,36,43H,7-13H2,1-6H3. The maximum atomic E-state index is 13.6.